The van der Waals surface area contributed by atoms with Gasteiger partial charge in [0.05, 0.1) is 24.9 Å². The van der Waals surface area contributed by atoms with E-state index in [1.165, 1.54) is 31.8 Å². The van der Waals surface area contributed by atoms with E-state index in [1.807, 2.05) is 0 Å². The van der Waals surface area contributed by atoms with Gasteiger partial charge in [0.1, 0.15) is 5.92 Å². The number of carbonyl (C=O) groups excluding carboxylic acids is 1. The van der Waals surface area contributed by atoms with Crippen molar-refractivity contribution < 1.29 is 63.8 Å². The Morgan fingerprint density at radius 2 is 1.46 bits per heavy atom. The molecule has 0 bridgehead atoms. The number of aliphatic carboxylic acids is 5. The number of esters is 1. The van der Waals surface area contributed by atoms with E-state index in [9.17, 15) is 49.2 Å². The monoisotopic (exact) mass is 558 g/mol. The molecule has 39 heavy (non-hydrogen) atoms. The zero-order valence-electron chi connectivity index (χ0n) is 22.0. The second-order valence-electron chi connectivity index (χ2n) is 9.64. The third kappa shape index (κ3) is 10.7. The predicted octanol–water partition coefficient (Wildman–Crippen LogP) is 2.95. The fraction of sp³-hybridized carbons (Fsp3) is 0.692. The molecule has 0 aromatic carbocycles. The summed E-state index contributed by atoms with van der Waals surface area (Å²) in [4.78, 5) is 70.9. The summed E-state index contributed by atoms with van der Waals surface area (Å²) in [6, 6.07) is 0. The minimum atomic E-state index is -2.66. The number of carbonyl (C=O) groups is 6. The normalized spacial score (nSPS) is 22.3. The Bertz CT molecular complexity index is 912. The lowest BCUT2D eigenvalue weighted by molar-refractivity contribution is -0.195. The second kappa shape index (κ2) is 16.5. The van der Waals surface area contributed by atoms with E-state index < -0.39 is 78.3 Å². The highest BCUT2D eigenvalue weighted by Crippen LogP contribution is 2.41. The van der Waals surface area contributed by atoms with Crippen LogP contribution in [0.5, 0.6) is 0 Å². The van der Waals surface area contributed by atoms with Crippen molar-refractivity contribution in [2.75, 3.05) is 0 Å². The molecule has 0 spiro atoms. The molecular formula is C26H38O13. The quantitative estimate of drug-likeness (QED) is 0.0824. The molecule has 0 aromatic heterocycles. The summed E-state index contributed by atoms with van der Waals surface area (Å²) in [6.07, 6.45) is 6.46. The van der Waals surface area contributed by atoms with Gasteiger partial charge in [-0.15, -0.1) is 0 Å². The highest BCUT2D eigenvalue weighted by molar-refractivity contribution is 5.94. The van der Waals surface area contributed by atoms with Gasteiger partial charge in [-0.2, -0.15) is 0 Å². The molecular weight excluding hydrogens is 520 g/mol. The maximum absolute atomic E-state index is 13.1. The molecule has 5 N–H and O–H groups in total. The zero-order valence-corrected chi connectivity index (χ0v) is 22.0. The third-order valence-electron chi connectivity index (χ3n) is 6.58. The first-order chi connectivity index (χ1) is 18.3. The molecule has 1 heterocycles. The van der Waals surface area contributed by atoms with Crippen LogP contribution in [0.3, 0.4) is 0 Å². The van der Waals surface area contributed by atoms with Gasteiger partial charge in [-0.05, 0) is 19.3 Å². The van der Waals surface area contributed by atoms with Gasteiger partial charge in [0.2, 0.25) is 6.10 Å². The third-order valence-corrected chi connectivity index (χ3v) is 6.58. The van der Waals surface area contributed by atoms with E-state index in [2.05, 4.69) is 6.92 Å². The number of hydrogen-bond donors (Lipinski definition) is 5. The Morgan fingerprint density at radius 1 is 0.872 bits per heavy atom. The van der Waals surface area contributed by atoms with Gasteiger partial charge < -0.3 is 35.0 Å². The Labute approximate surface area is 225 Å². The van der Waals surface area contributed by atoms with Gasteiger partial charge in [-0.3, -0.25) is 19.2 Å². The molecule has 5 unspecified atom stereocenters. The van der Waals surface area contributed by atoms with Crippen LogP contribution in [0.1, 0.15) is 84.0 Å². The highest BCUT2D eigenvalue weighted by atomic mass is 16.6. The summed E-state index contributed by atoms with van der Waals surface area (Å²) in [7, 11) is 0. The van der Waals surface area contributed by atoms with E-state index in [0.29, 0.717) is 6.42 Å². The van der Waals surface area contributed by atoms with Crippen LogP contribution >= 0.6 is 0 Å². The van der Waals surface area contributed by atoms with Crippen LogP contribution in [0.15, 0.2) is 12.2 Å². The van der Waals surface area contributed by atoms with Crippen molar-refractivity contribution in [2.24, 2.45) is 11.8 Å². The first kappa shape index (κ1) is 33.5. The molecule has 0 aromatic rings. The summed E-state index contributed by atoms with van der Waals surface area (Å²) in [6.45, 7) is 2.15. The zero-order chi connectivity index (χ0) is 29.6. The maximum Gasteiger partial charge on any atom is 0.345 e. The first-order valence-corrected chi connectivity index (χ1v) is 13.0. The van der Waals surface area contributed by atoms with Crippen LogP contribution in [0, 0.1) is 11.8 Å². The molecule has 0 aliphatic carbocycles. The summed E-state index contributed by atoms with van der Waals surface area (Å²) < 4.78 is 10.4. The summed E-state index contributed by atoms with van der Waals surface area (Å²) in [5, 5.41) is 46.8. The summed E-state index contributed by atoms with van der Waals surface area (Å²) >= 11 is 0. The van der Waals surface area contributed by atoms with Gasteiger partial charge in [0, 0.05) is 0 Å². The lowest BCUT2D eigenvalue weighted by Crippen LogP contribution is -2.53. The van der Waals surface area contributed by atoms with Crippen molar-refractivity contribution in [3.63, 3.8) is 0 Å². The Balaban J connectivity index is 3.02. The maximum atomic E-state index is 13.1. The van der Waals surface area contributed by atoms with Crippen LogP contribution in [-0.4, -0.2) is 79.2 Å². The van der Waals surface area contributed by atoms with E-state index in [-0.39, 0.29) is 6.42 Å². The minimum absolute atomic E-state index is 0.319. The van der Waals surface area contributed by atoms with Gasteiger partial charge in [-0.1, -0.05) is 64.0 Å². The SMILES string of the molecule is CCCCCCCCCCC=CC1CC(C(=O)O)C(CC(=O)O)(C(=O)OC(C(=O)O)C(CC(=O)O)C(=O)O)O1. The molecule has 5 atom stereocenters. The molecule has 0 radical (unpaired) electrons. The number of rotatable bonds is 20. The molecule has 1 aliphatic rings. The van der Waals surface area contributed by atoms with Crippen LogP contribution < -0.4 is 0 Å². The lowest BCUT2D eigenvalue weighted by Gasteiger charge is -2.31. The number of carboxylic acid groups (broad SMARTS) is 5. The number of hydrogen-bond acceptors (Lipinski definition) is 8. The topological polar surface area (TPSA) is 222 Å². The van der Waals surface area contributed by atoms with Crippen molar-refractivity contribution >= 4 is 35.8 Å². The van der Waals surface area contributed by atoms with Crippen molar-refractivity contribution in [1.82, 2.24) is 0 Å². The van der Waals surface area contributed by atoms with Crippen molar-refractivity contribution in [3.05, 3.63) is 12.2 Å². The molecule has 0 saturated carbocycles. The van der Waals surface area contributed by atoms with E-state index in [1.54, 1.807) is 6.08 Å². The van der Waals surface area contributed by atoms with Crippen LogP contribution in [-0.2, 0) is 38.2 Å². The molecule has 220 valence electrons. The Morgan fingerprint density at radius 3 is 1.95 bits per heavy atom. The van der Waals surface area contributed by atoms with Crippen LogP contribution in [0.4, 0.5) is 0 Å². The van der Waals surface area contributed by atoms with Gasteiger partial charge in [0.25, 0.3) is 0 Å². The summed E-state index contributed by atoms with van der Waals surface area (Å²) in [5.41, 5.74) is -2.66. The lowest BCUT2D eigenvalue weighted by atomic mass is 9.83. The molecule has 13 nitrogen and oxygen atoms in total. The van der Waals surface area contributed by atoms with Crippen molar-refractivity contribution in [1.29, 1.82) is 0 Å². The average molecular weight is 559 g/mol. The van der Waals surface area contributed by atoms with Gasteiger partial charge in [0.15, 0.2) is 5.60 Å². The van der Waals surface area contributed by atoms with Crippen LogP contribution in [0.25, 0.3) is 0 Å². The first-order valence-electron chi connectivity index (χ1n) is 13.0. The molecule has 1 aliphatic heterocycles. The fourth-order valence-electron chi connectivity index (χ4n) is 4.57. The van der Waals surface area contributed by atoms with E-state index in [0.717, 1.165) is 25.7 Å². The minimum Gasteiger partial charge on any atom is -0.481 e. The Kier molecular flexibility index (Phi) is 14.2. The fourth-order valence-corrected chi connectivity index (χ4v) is 4.57. The molecule has 1 rings (SSSR count). The smallest absolute Gasteiger partial charge is 0.345 e. The van der Waals surface area contributed by atoms with E-state index in [4.69, 9.17) is 14.6 Å². The largest absolute Gasteiger partial charge is 0.481 e. The molecule has 1 saturated heterocycles. The van der Waals surface area contributed by atoms with Crippen molar-refractivity contribution in [2.45, 2.75) is 102 Å². The second-order valence-corrected chi connectivity index (χ2v) is 9.64. The molecule has 13 heteroatoms. The van der Waals surface area contributed by atoms with Gasteiger partial charge in [-0.25, -0.2) is 9.59 Å². The average Bonchev–Trinajstić information content (AvgIpc) is 3.20. The van der Waals surface area contributed by atoms with Gasteiger partial charge >= 0.3 is 35.8 Å². The Hall–Kier alpha value is -3.48. The highest BCUT2D eigenvalue weighted by Gasteiger charge is 2.60. The van der Waals surface area contributed by atoms with Crippen LogP contribution in [0.2, 0.25) is 0 Å². The van der Waals surface area contributed by atoms with Crippen molar-refractivity contribution in [3.8, 4) is 0 Å². The molecule has 0 amide bonds. The molecule has 1 fully saturated rings. The van der Waals surface area contributed by atoms with E-state index >= 15 is 0 Å². The number of unbranched alkanes of at least 4 members (excludes halogenated alkanes) is 8. The standard InChI is InChI=1S/C26H38O13/c1-2-3-4-5-6-7-8-9-10-11-12-16-13-18(23(33)34)26(39-16,15-20(29)30)25(37)38-21(24(35)36)17(22(31)32)14-19(27)28/h11-12,16-18,21H,2-10,13-15H2,1H3,(H,27,28)(H,29,30)(H,31,32)(H,33,34)(H,35,36). The predicted molar refractivity (Wildman–Crippen MR) is 133 cm³/mol. The summed E-state index contributed by atoms with van der Waals surface area (Å²) in [5.74, 6) is -14.5. The number of ether oxygens (including phenoxy) is 2. The number of allylic oxidation sites excluding steroid dienone is 1. The number of carboxylic acids is 5.